The molecule has 0 aromatic heterocycles. The lowest BCUT2D eigenvalue weighted by Crippen LogP contribution is -2.28. The molecule has 0 unspecified atom stereocenters. The van der Waals surface area contributed by atoms with Crippen molar-refractivity contribution in [3.63, 3.8) is 0 Å². The van der Waals surface area contributed by atoms with E-state index in [4.69, 9.17) is 16.3 Å². The van der Waals surface area contributed by atoms with Gasteiger partial charge in [-0.1, -0.05) is 29.8 Å². The van der Waals surface area contributed by atoms with Gasteiger partial charge in [0.25, 0.3) is 0 Å². The number of rotatable bonds is 5. The van der Waals surface area contributed by atoms with Gasteiger partial charge in [0.15, 0.2) is 0 Å². The van der Waals surface area contributed by atoms with Crippen LogP contribution in [0.2, 0.25) is 5.02 Å². The molecule has 0 aliphatic carbocycles. The first kappa shape index (κ1) is 14.4. The molecule has 0 aliphatic rings. The highest BCUT2D eigenvalue weighted by Gasteiger charge is 2.28. The van der Waals surface area contributed by atoms with Crippen LogP contribution in [-0.4, -0.2) is 18.8 Å². The van der Waals surface area contributed by atoms with Crippen molar-refractivity contribution >= 4 is 29.3 Å². The van der Waals surface area contributed by atoms with E-state index in [0.29, 0.717) is 5.75 Å². The number of carbonyl (C=O) groups excluding carboxylic acids is 1. The average Bonchev–Trinajstić information content (AvgIpc) is 2.30. The van der Waals surface area contributed by atoms with E-state index in [9.17, 15) is 4.79 Å². The van der Waals surface area contributed by atoms with Gasteiger partial charge in [-0.25, -0.2) is 0 Å². The van der Waals surface area contributed by atoms with Gasteiger partial charge in [-0.15, -0.1) is 0 Å². The number of esters is 1. The van der Waals surface area contributed by atoms with Gasteiger partial charge < -0.3 is 4.74 Å². The van der Waals surface area contributed by atoms with Crippen LogP contribution in [0, 0.1) is 5.41 Å². The number of thioether (sulfide) groups is 1. The van der Waals surface area contributed by atoms with Gasteiger partial charge in [-0.2, -0.15) is 11.8 Å². The molecule has 0 radical (unpaired) electrons. The van der Waals surface area contributed by atoms with Gasteiger partial charge >= 0.3 is 5.97 Å². The summed E-state index contributed by atoms with van der Waals surface area (Å²) in [5, 5.41) is 0.774. The highest BCUT2D eigenvalue weighted by molar-refractivity contribution is 7.98. The quantitative estimate of drug-likeness (QED) is 0.763. The Morgan fingerprint density at radius 1 is 1.41 bits per heavy atom. The molecular formula is C13H17ClO2S. The van der Waals surface area contributed by atoms with Crippen LogP contribution in [0.1, 0.15) is 19.4 Å². The average molecular weight is 273 g/mol. The van der Waals surface area contributed by atoms with Gasteiger partial charge in [0.2, 0.25) is 0 Å². The summed E-state index contributed by atoms with van der Waals surface area (Å²) in [7, 11) is 1.42. The van der Waals surface area contributed by atoms with E-state index in [1.807, 2.05) is 38.1 Å². The summed E-state index contributed by atoms with van der Waals surface area (Å²) in [6.07, 6.45) is 0. The lowest BCUT2D eigenvalue weighted by Gasteiger charge is -2.20. The molecule has 1 rings (SSSR count). The van der Waals surface area contributed by atoms with E-state index >= 15 is 0 Å². The molecule has 0 heterocycles. The zero-order valence-corrected chi connectivity index (χ0v) is 11.9. The number of methoxy groups -OCH3 is 1. The van der Waals surface area contributed by atoms with Crippen LogP contribution in [0.25, 0.3) is 0 Å². The van der Waals surface area contributed by atoms with E-state index in [1.54, 1.807) is 11.8 Å². The number of carbonyl (C=O) groups is 1. The van der Waals surface area contributed by atoms with E-state index in [-0.39, 0.29) is 5.97 Å². The van der Waals surface area contributed by atoms with E-state index < -0.39 is 5.41 Å². The molecular weight excluding hydrogens is 256 g/mol. The molecule has 4 heteroatoms. The molecule has 1 aromatic carbocycles. The van der Waals surface area contributed by atoms with Crippen LogP contribution >= 0.6 is 23.4 Å². The standard InChI is InChI=1S/C13H17ClO2S/c1-13(2,12(15)16-3)9-17-8-10-6-4-5-7-11(10)14/h4-7H,8-9H2,1-3H3. The van der Waals surface area contributed by atoms with Crippen molar-refractivity contribution in [2.24, 2.45) is 5.41 Å². The Bertz CT molecular complexity index is 391. The molecule has 0 saturated carbocycles. The van der Waals surface area contributed by atoms with Crippen molar-refractivity contribution in [3.8, 4) is 0 Å². The van der Waals surface area contributed by atoms with E-state index in [1.165, 1.54) is 7.11 Å². The lowest BCUT2D eigenvalue weighted by atomic mass is 9.97. The fourth-order valence-electron chi connectivity index (χ4n) is 1.37. The molecule has 0 atom stereocenters. The van der Waals surface area contributed by atoms with Crippen molar-refractivity contribution in [1.29, 1.82) is 0 Å². The Kier molecular flexibility index (Phi) is 5.34. The molecule has 0 N–H and O–H groups in total. The first-order chi connectivity index (χ1) is 7.97. The van der Waals surface area contributed by atoms with Gasteiger partial charge in [0, 0.05) is 16.5 Å². The first-order valence-corrected chi connectivity index (χ1v) is 6.90. The molecule has 1 aromatic rings. The third-order valence-electron chi connectivity index (χ3n) is 2.42. The van der Waals surface area contributed by atoms with E-state index in [2.05, 4.69) is 0 Å². The maximum absolute atomic E-state index is 11.5. The smallest absolute Gasteiger partial charge is 0.312 e. The molecule has 0 amide bonds. The summed E-state index contributed by atoms with van der Waals surface area (Å²) in [5.74, 6) is 1.34. The molecule has 0 saturated heterocycles. The Morgan fingerprint density at radius 3 is 2.65 bits per heavy atom. The monoisotopic (exact) mass is 272 g/mol. The Morgan fingerprint density at radius 2 is 2.06 bits per heavy atom. The summed E-state index contributed by atoms with van der Waals surface area (Å²) in [5.41, 5.74) is 0.639. The van der Waals surface area contributed by atoms with Crippen LogP contribution in [0.4, 0.5) is 0 Å². The minimum atomic E-state index is -0.458. The van der Waals surface area contributed by atoms with Gasteiger partial charge in [0.05, 0.1) is 12.5 Å². The second-order valence-corrected chi connectivity index (χ2v) is 5.85. The molecule has 2 nitrogen and oxygen atoms in total. The summed E-state index contributed by atoms with van der Waals surface area (Å²) in [4.78, 5) is 11.5. The molecule has 0 bridgehead atoms. The summed E-state index contributed by atoms with van der Waals surface area (Å²) in [6, 6.07) is 7.76. The maximum atomic E-state index is 11.5. The SMILES string of the molecule is COC(=O)C(C)(C)CSCc1ccccc1Cl. The molecule has 0 fully saturated rings. The minimum Gasteiger partial charge on any atom is -0.469 e. The summed E-state index contributed by atoms with van der Waals surface area (Å²) < 4.78 is 4.76. The minimum absolute atomic E-state index is 0.177. The summed E-state index contributed by atoms with van der Waals surface area (Å²) >= 11 is 7.74. The number of hydrogen-bond donors (Lipinski definition) is 0. The van der Waals surface area contributed by atoms with E-state index in [0.717, 1.165) is 16.3 Å². The first-order valence-electron chi connectivity index (χ1n) is 5.37. The van der Waals surface area contributed by atoms with Crippen LogP contribution in [0.3, 0.4) is 0 Å². The second-order valence-electron chi connectivity index (χ2n) is 4.46. The van der Waals surface area contributed by atoms with Gasteiger partial charge in [-0.3, -0.25) is 4.79 Å². The Balaban J connectivity index is 2.48. The third kappa shape index (κ3) is 4.25. The zero-order valence-electron chi connectivity index (χ0n) is 10.3. The third-order valence-corrected chi connectivity index (χ3v) is 4.23. The number of halogens is 1. The van der Waals surface area contributed by atoms with Crippen molar-refractivity contribution in [2.75, 3.05) is 12.9 Å². The highest BCUT2D eigenvalue weighted by atomic mass is 35.5. The lowest BCUT2D eigenvalue weighted by molar-refractivity contribution is -0.149. The fraction of sp³-hybridized carbons (Fsp3) is 0.462. The predicted molar refractivity (Wildman–Crippen MR) is 73.4 cm³/mol. The van der Waals surface area contributed by atoms with Gasteiger partial charge in [-0.05, 0) is 25.5 Å². The Hall–Kier alpha value is -0.670. The molecule has 0 spiro atoms. The van der Waals surface area contributed by atoms with Crippen molar-refractivity contribution in [1.82, 2.24) is 0 Å². The molecule has 0 aliphatic heterocycles. The normalized spacial score (nSPS) is 11.3. The summed E-state index contributed by atoms with van der Waals surface area (Å²) in [6.45, 7) is 3.77. The Labute approximate surface area is 112 Å². The zero-order chi connectivity index (χ0) is 12.9. The fourth-order valence-corrected chi connectivity index (χ4v) is 2.85. The van der Waals surface area contributed by atoms with Crippen molar-refractivity contribution in [2.45, 2.75) is 19.6 Å². The molecule has 94 valence electrons. The highest BCUT2D eigenvalue weighted by Crippen LogP contribution is 2.27. The maximum Gasteiger partial charge on any atom is 0.312 e. The second kappa shape index (κ2) is 6.31. The van der Waals surface area contributed by atoms with Crippen molar-refractivity contribution < 1.29 is 9.53 Å². The van der Waals surface area contributed by atoms with Crippen LogP contribution in [0.15, 0.2) is 24.3 Å². The van der Waals surface area contributed by atoms with Crippen molar-refractivity contribution in [3.05, 3.63) is 34.9 Å². The number of ether oxygens (including phenoxy) is 1. The van der Waals surface area contributed by atoms with Crippen LogP contribution < -0.4 is 0 Å². The number of hydrogen-bond acceptors (Lipinski definition) is 3. The topological polar surface area (TPSA) is 26.3 Å². The number of benzene rings is 1. The molecule has 17 heavy (non-hydrogen) atoms. The van der Waals surface area contributed by atoms with Gasteiger partial charge in [0.1, 0.15) is 0 Å². The van der Waals surface area contributed by atoms with Crippen LogP contribution in [0.5, 0.6) is 0 Å². The van der Waals surface area contributed by atoms with Crippen LogP contribution in [-0.2, 0) is 15.3 Å². The predicted octanol–water partition coefficient (Wildman–Crippen LogP) is 3.77. The largest absolute Gasteiger partial charge is 0.469 e.